The fraction of sp³-hybridized carbons (Fsp3) is 0.500. The molecule has 2 N–H and O–H groups in total. The van der Waals surface area contributed by atoms with E-state index in [4.69, 9.17) is 0 Å². The summed E-state index contributed by atoms with van der Waals surface area (Å²) in [5.41, 5.74) is 0.905. The first-order valence-corrected chi connectivity index (χ1v) is 6.28. The number of carbonyl (C=O) groups is 1. The Balaban J connectivity index is 2.07. The summed E-state index contributed by atoms with van der Waals surface area (Å²) in [5, 5.41) is 6.06. The molecule has 0 heterocycles. The molecule has 0 aromatic heterocycles. The van der Waals surface area contributed by atoms with Gasteiger partial charge in [0.05, 0.1) is 5.41 Å². The zero-order valence-corrected chi connectivity index (χ0v) is 10.3. The average Bonchev–Trinajstić information content (AvgIpc) is 2.29. The lowest BCUT2D eigenvalue weighted by molar-refractivity contribution is -0.129. The number of benzene rings is 1. The third kappa shape index (κ3) is 2.34. The topological polar surface area (TPSA) is 41.1 Å². The van der Waals surface area contributed by atoms with Crippen LogP contribution in [-0.4, -0.2) is 26.0 Å². The van der Waals surface area contributed by atoms with Crippen LogP contribution in [-0.2, 0) is 10.2 Å². The van der Waals surface area contributed by atoms with Crippen LogP contribution >= 0.6 is 0 Å². The van der Waals surface area contributed by atoms with Gasteiger partial charge >= 0.3 is 0 Å². The van der Waals surface area contributed by atoms with Gasteiger partial charge in [-0.1, -0.05) is 36.8 Å². The number of rotatable bonds is 5. The summed E-state index contributed by atoms with van der Waals surface area (Å²) in [6.07, 6.45) is 3.10. The smallest absolute Gasteiger partial charge is 0.230 e. The number of likely N-dealkylation sites (N-methyl/N-ethyl adjacent to an activating group) is 1. The lowest BCUT2D eigenvalue weighted by Crippen LogP contribution is -2.50. The van der Waals surface area contributed by atoms with Crippen LogP contribution in [0.2, 0.25) is 0 Å². The van der Waals surface area contributed by atoms with Crippen molar-refractivity contribution in [2.75, 3.05) is 20.1 Å². The average molecular weight is 232 g/mol. The van der Waals surface area contributed by atoms with Crippen molar-refractivity contribution >= 4 is 5.91 Å². The van der Waals surface area contributed by atoms with E-state index in [1.807, 2.05) is 25.2 Å². The second-order valence-electron chi connectivity index (χ2n) is 4.66. The van der Waals surface area contributed by atoms with Crippen molar-refractivity contribution in [3.8, 4) is 0 Å². The van der Waals surface area contributed by atoms with E-state index >= 15 is 0 Å². The van der Waals surface area contributed by atoms with E-state index < -0.39 is 0 Å². The van der Waals surface area contributed by atoms with E-state index in [2.05, 4.69) is 22.8 Å². The van der Waals surface area contributed by atoms with Crippen LogP contribution in [0, 0.1) is 0 Å². The first kappa shape index (κ1) is 12.1. The van der Waals surface area contributed by atoms with Crippen LogP contribution in [0.1, 0.15) is 24.8 Å². The van der Waals surface area contributed by atoms with Crippen molar-refractivity contribution < 1.29 is 4.79 Å². The van der Waals surface area contributed by atoms with E-state index in [0.717, 1.165) is 31.4 Å². The summed E-state index contributed by atoms with van der Waals surface area (Å²) < 4.78 is 0. The molecule has 1 aliphatic carbocycles. The highest BCUT2D eigenvalue weighted by Gasteiger charge is 2.45. The monoisotopic (exact) mass is 232 g/mol. The van der Waals surface area contributed by atoms with E-state index in [9.17, 15) is 4.79 Å². The molecule has 1 saturated carbocycles. The van der Waals surface area contributed by atoms with E-state index in [0.29, 0.717) is 6.54 Å². The van der Waals surface area contributed by atoms with Gasteiger partial charge in [0.2, 0.25) is 5.91 Å². The molecule has 0 spiro atoms. The minimum Gasteiger partial charge on any atom is -0.354 e. The van der Waals surface area contributed by atoms with Crippen LogP contribution in [0.15, 0.2) is 30.3 Å². The molecule has 1 aromatic carbocycles. The molecule has 1 fully saturated rings. The zero-order chi connectivity index (χ0) is 12.1. The van der Waals surface area contributed by atoms with Gasteiger partial charge in [0.15, 0.2) is 0 Å². The normalized spacial score (nSPS) is 17.2. The Kier molecular flexibility index (Phi) is 3.79. The SMILES string of the molecule is CNCCNC(=O)C1(c2ccccc2)CCC1. The molecule has 1 aromatic rings. The number of nitrogens with one attached hydrogen (secondary N) is 2. The third-order valence-corrected chi connectivity index (χ3v) is 3.63. The molecule has 0 bridgehead atoms. The molecule has 17 heavy (non-hydrogen) atoms. The standard InChI is InChI=1S/C14H20N2O/c1-15-10-11-16-13(17)14(8-5-9-14)12-6-3-2-4-7-12/h2-4,6-7,15H,5,8-11H2,1H3,(H,16,17). The Morgan fingerprint density at radius 1 is 1.24 bits per heavy atom. The molecule has 0 aliphatic heterocycles. The highest BCUT2D eigenvalue weighted by atomic mass is 16.2. The molecule has 0 atom stereocenters. The molecular weight excluding hydrogens is 212 g/mol. The summed E-state index contributed by atoms with van der Waals surface area (Å²) >= 11 is 0. The Hall–Kier alpha value is -1.35. The first-order valence-electron chi connectivity index (χ1n) is 6.28. The molecule has 3 heteroatoms. The molecule has 0 radical (unpaired) electrons. The van der Waals surface area contributed by atoms with Crippen molar-refractivity contribution in [2.45, 2.75) is 24.7 Å². The van der Waals surface area contributed by atoms with Crippen LogP contribution < -0.4 is 10.6 Å². The minimum absolute atomic E-state index is 0.185. The quantitative estimate of drug-likeness (QED) is 0.754. The fourth-order valence-electron chi connectivity index (χ4n) is 2.40. The third-order valence-electron chi connectivity index (χ3n) is 3.63. The van der Waals surface area contributed by atoms with Crippen molar-refractivity contribution in [1.82, 2.24) is 10.6 Å². The molecule has 1 aliphatic rings. The lowest BCUT2D eigenvalue weighted by atomic mass is 9.64. The van der Waals surface area contributed by atoms with E-state index in [1.165, 1.54) is 0 Å². The van der Waals surface area contributed by atoms with Gasteiger partial charge in [0.1, 0.15) is 0 Å². The fourth-order valence-corrected chi connectivity index (χ4v) is 2.40. The van der Waals surface area contributed by atoms with Crippen LogP contribution in [0.25, 0.3) is 0 Å². The molecule has 92 valence electrons. The Labute approximate surface area is 103 Å². The predicted octanol–water partition coefficient (Wildman–Crippen LogP) is 1.44. The van der Waals surface area contributed by atoms with Gasteiger partial charge in [-0.05, 0) is 25.5 Å². The van der Waals surface area contributed by atoms with Crippen LogP contribution in [0.4, 0.5) is 0 Å². The highest BCUT2D eigenvalue weighted by Crippen LogP contribution is 2.43. The summed E-state index contributed by atoms with van der Waals surface area (Å²) in [7, 11) is 1.89. The summed E-state index contributed by atoms with van der Waals surface area (Å²) in [6, 6.07) is 10.1. The molecule has 2 rings (SSSR count). The molecule has 3 nitrogen and oxygen atoms in total. The van der Waals surface area contributed by atoms with E-state index in [-0.39, 0.29) is 11.3 Å². The van der Waals surface area contributed by atoms with Crippen molar-refractivity contribution in [1.29, 1.82) is 0 Å². The maximum absolute atomic E-state index is 12.3. The van der Waals surface area contributed by atoms with Gasteiger partial charge < -0.3 is 10.6 Å². The number of amides is 1. The largest absolute Gasteiger partial charge is 0.354 e. The maximum atomic E-state index is 12.3. The zero-order valence-electron chi connectivity index (χ0n) is 10.3. The van der Waals surface area contributed by atoms with Gasteiger partial charge in [-0.2, -0.15) is 0 Å². The number of carbonyl (C=O) groups excluding carboxylic acids is 1. The maximum Gasteiger partial charge on any atom is 0.230 e. The van der Waals surface area contributed by atoms with Crippen molar-refractivity contribution in [2.24, 2.45) is 0 Å². The van der Waals surface area contributed by atoms with Crippen molar-refractivity contribution in [3.05, 3.63) is 35.9 Å². The molecule has 0 saturated heterocycles. The summed E-state index contributed by atoms with van der Waals surface area (Å²) in [4.78, 5) is 12.3. The number of hydrogen-bond donors (Lipinski definition) is 2. The minimum atomic E-state index is -0.255. The molecular formula is C14H20N2O. The second kappa shape index (κ2) is 5.32. The van der Waals surface area contributed by atoms with Gasteiger partial charge in [0.25, 0.3) is 0 Å². The van der Waals surface area contributed by atoms with Gasteiger partial charge in [-0.15, -0.1) is 0 Å². The summed E-state index contributed by atoms with van der Waals surface area (Å²) in [5.74, 6) is 0.185. The Morgan fingerprint density at radius 2 is 1.94 bits per heavy atom. The van der Waals surface area contributed by atoms with Crippen molar-refractivity contribution in [3.63, 3.8) is 0 Å². The number of hydrogen-bond acceptors (Lipinski definition) is 2. The van der Waals surface area contributed by atoms with Crippen LogP contribution in [0.5, 0.6) is 0 Å². The molecule has 0 unspecified atom stereocenters. The predicted molar refractivity (Wildman–Crippen MR) is 68.9 cm³/mol. The van der Waals surface area contributed by atoms with Gasteiger partial charge in [0, 0.05) is 13.1 Å². The first-order chi connectivity index (χ1) is 8.29. The Bertz CT molecular complexity index is 371. The van der Waals surface area contributed by atoms with Gasteiger partial charge in [-0.3, -0.25) is 4.79 Å². The lowest BCUT2D eigenvalue weighted by Gasteiger charge is -2.40. The molecule has 1 amide bonds. The summed E-state index contributed by atoms with van der Waals surface area (Å²) in [6.45, 7) is 1.51. The van der Waals surface area contributed by atoms with Crippen LogP contribution in [0.3, 0.4) is 0 Å². The van der Waals surface area contributed by atoms with E-state index in [1.54, 1.807) is 0 Å². The van der Waals surface area contributed by atoms with Gasteiger partial charge in [-0.25, -0.2) is 0 Å². The highest BCUT2D eigenvalue weighted by molar-refractivity contribution is 5.89. The second-order valence-corrected chi connectivity index (χ2v) is 4.66. The Morgan fingerprint density at radius 3 is 2.47 bits per heavy atom.